The lowest BCUT2D eigenvalue weighted by Gasteiger charge is -2.36. The zero-order valence-electron chi connectivity index (χ0n) is 61.6. The highest BCUT2D eigenvalue weighted by atomic mass is 16.3. The second-order valence-electron chi connectivity index (χ2n) is 31.3. The topological polar surface area (TPSA) is 32.8 Å². The number of furan rings is 2. The van der Waals surface area contributed by atoms with E-state index in [1.165, 1.54) is 11.1 Å². The molecule has 2 heterocycles. The summed E-state index contributed by atoms with van der Waals surface area (Å²) in [6.45, 7) is 21.1. The Hall–Kier alpha value is -12.5. The summed E-state index contributed by atoms with van der Waals surface area (Å²) in [5, 5.41) is 4.27. The predicted molar refractivity (Wildman–Crippen MR) is 450 cm³/mol. The van der Waals surface area contributed by atoms with E-state index < -0.39 is 5.41 Å². The molecule has 15 aromatic carbocycles. The maximum absolute atomic E-state index is 6.88. The molecule has 0 amide bonds. The number of anilines is 6. The fraction of sp³-hybridized carbons (Fsp3) is 0.118. The van der Waals surface area contributed by atoms with E-state index in [-0.39, 0.29) is 10.8 Å². The number of fused-ring (bicyclic) bond motifs is 6. The van der Waals surface area contributed by atoms with E-state index in [1.807, 2.05) is 0 Å². The molecule has 0 saturated heterocycles. The minimum Gasteiger partial charge on any atom is -0.456 e. The van der Waals surface area contributed by atoms with Crippen LogP contribution in [-0.2, 0) is 16.2 Å². The van der Waals surface area contributed by atoms with Crippen molar-refractivity contribution in [1.82, 2.24) is 0 Å². The van der Waals surface area contributed by atoms with Crippen molar-refractivity contribution >= 4 is 78.0 Å². The zero-order valence-corrected chi connectivity index (χ0v) is 61.6. The molecule has 0 N–H and O–H groups in total. The second kappa shape index (κ2) is 27.0. The highest BCUT2D eigenvalue weighted by molar-refractivity contribution is 6.17. The Morgan fingerprint density at radius 2 is 0.481 bits per heavy atom. The molecular weight excluding hydrogens is 1290 g/mol. The average molecular weight is 1370 g/mol. The molecule has 4 nitrogen and oxygen atoms in total. The van der Waals surface area contributed by atoms with Crippen molar-refractivity contribution in [2.75, 3.05) is 9.80 Å². The first-order chi connectivity index (χ1) is 51.4. The van der Waals surface area contributed by atoms with E-state index >= 15 is 0 Å². The summed E-state index contributed by atoms with van der Waals surface area (Å²) in [6.07, 6.45) is 0. The summed E-state index contributed by atoms with van der Waals surface area (Å²) in [5.74, 6) is 0. The van der Waals surface area contributed by atoms with Gasteiger partial charge in [0.15, 0.2) is 0 Å². The fourth-order valence-corrected chi connectivity index (χ4v) is 15.4. The highest BCUT2D eigenvalue weighted by Gasteiger charge is 2.33. The van der Waals surface area contributed by atoms with Crippen LogP contribution in [0.4, 0.5) is 34.1 Å². The first-order valence-electron chi connectivity index (χ1n) is 37.0. The van der Waals surface area contributed by atoms with Gasteiger partial charge in [-0.15, -0.1) is 0 Å². The number of rotatable bonds is 14. The maximum atomic E-state index is 6.88. The SMILES string of the molecule is CC(C)(C)c1cc(N(c2ccc(-c3ccccc3)cc2)c2c(-c3cccc(-c4ccccc4)c3)cc(C(C)(C)C)cc2-c2cccc3oc4ccccc4c23)cc(N(c2ccc(-c3ccccc3)cc2)c2c(-c3cccc(-c4ccccc4)c3)cc(C(C)(C)C)cc2-c2cccc3oc4ccccc4c23)c1. The van der Waals surface area contributed by atoms with Crippen LogP contribution < -0.4 is 9.80 Å². The Labute approximate surface area is 622 Å². The molecule has 0 bridgehead atoms. The van der Waals surface area contributed by atoms with Crippen molar-refractivity contribution in [1.29, 1.82) is 0 Å². The second-order valence-corrected chi connectivity index (χ2v) is 31.3. The van der Waals surface area contributed by atoms with Crippen LogP contribution in [0, 0.1) is 0 Å². The summed E-state index contributed by atoms with van der Waals surface area (Å²) < 4.78 is 13.8. The summed E-state index contributed by atoms with van der Waals surface area (Å²) in [4.78, 5) is 5.17. The minimum absolute atomic E-state index is 0.283. The molecule has 0 aliphatic heterocycles. The van der Waals surface area contributed by atoms with E-state index in [9.17, 15) is 0 Å². The molecule has 106 heavy (non-hydrogen) atoms. The lowest BCUT2D eigenvalue weighted by Crippen LogP contribution is -2.20. The van der Waals surface area contributed by atoms with Crippen molar-refractivity contribution in [3.8, 4) is 89.0 Å². The van der Waals surface area contributed by atoms with Crippen LogP contribution >= 0.6 is 0 Å². The molecule has 2 aromatic heterocycles. The predicted octanol–water partition coefficient (Wildman–Crippen LogP) is 29.7. The van der Waals surface area contributed by atoms with Crippen LogP contribution in [-0.4, -0.2) is 0 Å². The molecular formula is C102H84N2O2. The van der Waals surface area contributed by atoms with Gasteiger partial charge in [-0.2, -0.15) is 0 Å². The van der Waals surface area contributed by atoms with Gasteiger partial charge >= 0.3 is 0 Å². The number of para-hydroxylation sites is 2. The Kier molecular flexibility index (Phi) is 17.0. The Balaban J connectivity index is 1.03. The maximum Gasteiger partial charge on any atom is 0.136 e. The molecule has 0 radical (unpaired) electrons. The molecule has 0 fully saturated rings. The molecule has 17 aromatic rings. The number of hydrogen-bond donors (Lipinski definition) is 0. The molecule has 4 heteroatoms. The molecule has 0 spiro atoms. The van der Waals surface area contributed by atoms with Crippen LogP contribution in [0.25, 0.3) is 133 Å². The van der Waals surface area contributed by atoms with E-state index in [1.54, 1.807) is 0 Å². The summed E-state index contributed by atoms with van der Waals surface area (Å²) in [6, 6.07) is 128. The normalized spacial score (nSPS) is 12.0. The van der Waals surface area contributed by atoms with Gasteiger partial charge < -0.3 is 18.6 Å². The lowest BCUT2D eigenvalue weighted by atomic mass is 9.80. The quantitative estimate of drug-likeness (QED) is 0.109. The molecule has 0 saturated carbocycles. The molecule has 0 atom stereocenters. The summed E-state index contributed by atoms with van der Waals surface area (Å²) >= 11 is 0. The smallest absolute Gasteiger partial charge is 0.136 e. The first-order valence-corrected chi connectivity index (χ1v) is 37.0. The molecule has 514 valence electrons. The largest absolute Gasteiger partial charge is 0.456 e. The molecule has 0 aliphatic carbocycles. The van der Waals surface area contributed by atoms with Crippen LogP contribution in [0.1, 0.15) is 79.0 Å². The number of nitrogens with zero attached hydrogens (tertiary/aromatic N) is 2. The van der Waals surface area contributed by atoms with E-state index in [4.69, 9.17) is 8.83 Å². The van der Waals surface area contributed by atoms with Crippen LogP contribution in [0.15, 0.2) is 355 Å². The van der Waals surface area contributed by atoms with Crippen molar-refractivity contribution < 1.29 is 8.83 Å². The van der Waals surface area contributed by atoms with Gasteiger partial charge in [0.25, 0.3) is 0 Å². The van der Waals surface area contributed by atoms with Gasteiger partial charge in [0.1, 0.15) is 22.3 Å². The Morgan fingerprint density at radius 1 is 0.198 bits per heavy atom. The average Bonchev–Trinajstić information content (AvgIpc) is 1.23. The van der Waals surface area contributed by atoms with Gasteiger partial charge in [0.2, 0.25) is 0 Å². The monoisotopic (exact) mass is 1370 g/mol. The van der Waals surface area contributed by atoms with E-state index in [0.29, 0.717) is 0 Å². The van der Waals surface area contributed by atoms with Gasteiger partial charge in [0.05, 0.1) is 11.4 Å². The molecule has 17 rings (SSSR count). The number of benzene rings is 15. The van der Waals surface area contributed by atoms with E-state index in [0.717, 1.165) is 173 Å². The van der Waals surface area contributed by atoms with Gasteiger partial charge in [-0.25, -0.2) is 0 Å². The van der Waals surface area contributed by atoms with Crippen LogP contribution in [0.3, 0.4) is 0 Å². The molecule has 0 aliphatic rings. The third kappa shape index (κ3) is 12.6. The Bertz CT molecular complexity index is 5740. The van der Waals surface area contributed by atoms with Crippen molar-refractivity contribution in [2.24, 2.45) is 0 Å². The van der Waals surface area contributed by atoms with Crippen LogP contribution in [0.5, 0.6) is 0 Å². The lowest BCUT2D eigenvalue weighted by molar-refractivity contribution is 0.590. The first kappa shape index (κ1) is 66.7. The van der Waals surface area contributed by atoms with Gasteiger partial charge in [-0.3, -0.25) is 0 Å². The summed E-state index contributed by atoms with van der Waals surface area (Å²) in [5.41, 5.74) is 29.8. The highest BCUT2D eigenvalue weighted by Crippen LogP contribution is 2.56. The number of hydrogen-bond acceptors (Lipinski definition) is 4. The van der Waals surface area contributed by atoms with Crippen LogP contribution in [0.2, 0.25) is 0 Å². The fourth-order valence-electron chi connectivity index (χ4n) is 15.4. The molecule has 0 unspecified atom stereocenters. The zero-order chi connectivity index (χ0) is 72.4. The van der Waals surface area contributed by atoms with Crippen molar-refractivity contribution in [3.63, 3.8) is 0 Å². The van der Waals surface area contributed by atoms with Crippen molar-refractivity contribution in [3.05, 3.63) is 362 Å². The third-order valence-electron chi connectivity index (χ3n) is 21.1. The van der Waals surface area contributed by atoms with E-state index in [2.05, 4.69) is 418 Å². The third-order valence-corrected chi connectivity index (χ3v) is 21.1. The summed E-state index contributed by atoms with van der Waals surface area (Å²) in [7, 11) is 0. The van der Waals surface area contributed by atoms with Gasteiger partial charge in [0, 0.05) is 66.5 Å². The van der Waals surface area contributed by atoms with Gasteiger partial charge in [-0.1, -0.05) is 305 Å². The van der Waals surface area contributed by atoms with Gasteiger partial charge in [-0.05, 0) is 203 Å². The minimum atomic E-state index is -0.392. The standard InChI is InChI=1S/C102H84N2O2/c1-100(2,3)77-60-82(103(80-54-50-71(51-55-80)67-30-14-10-15-31-67)98-88(75-40-26-38-73(58-75)69-34-18-12-19-35-69)62-78(101(4,5)6)64-90(98)84-44-28-48-94-96(84)86-42-22-24-46-92(86)105-94)66-83(61-77)104(81-56-52-72(53-57-81)68-32-16-11-17-33-68)99-89(76-41-27-39-74(59-76)70-36-20-13-21-37-70)63-79(102(7,8)9)65-91(99)85-45-29-49-95-97(85)87-43-23-25-47-93(87)106-95/h10-66H,1-9H3. The van der Waals surface area contributed by atoms with Crippen molar-refractivity contribution in [2.45, 2.75) is 78.6 Å². The Morgan fingerprint density at radius 3 is 0.849 bits per heavy atom.